The Bertz CT molecular complexity index is 393. The van der Waals surface area contributed by atoms with E-state index in [1.165, 1.54) is 6.07 Å². The summed E-state index contributed by atoms with van der Waals surface area (Å²) in [6.07, 6.45) is 0.126. The fourth-order valence-electron chi connectivity index (χ4n) is 1.14. The lowest BCUT2D eigenvalue weighted by atomic mass is 10.0. The van der Waals surface area contributed by atoms with E-state index in [0.29, 0.717) is 0 Å². The maximum absolute atomic E-state index is 13.1. The van der Waals surface area contributed by atoms with E-state index < -0.39 is 5.82 Å². The SMILES string of the molecule is CC(N)CC(=O)c1cc(F)c(Cl)cc1Cl. The van der Waals surface area contributed by atoms with Gasteiger partial charge in [0, 0.05) is 18.0 Å². The van der Waals surface area contributed by atoms with Crippen molar-refractivity contribution in [2.75, 3.05) is 0 Å². The first kappa shape index (κ1) is 12.4. The molecule has 0 aromatic heterocycles. The minimum absolute atomic E-state index is 0.0997. The number of ketones is 1. The molecule has 2 N–H and O–H groups in total. The topological polar surface area (TPSA) is 43.1 Å². The zero-order valence-electron chi connectivity index (χ0n) is 8.06. The van der Waals surface area contributed by atoms with Crippen LogP contribution >= 0.6 is 23.2 Å². The van der Waals surface area contributed by atoms with Crippen LogP contribution in [0.2, 0.25) is 10.0 Å². The van der Waals surface area contributed by atoms with E-state index in [1.54, 1.807) is 6.92 Å². The molecule has 1 rings (SSSR count). The highest BCUT2D eigenvalue weighted by atomic mass is 35.5. The number of Topliss-reactive ketones (excluding diaryl/α,β-unsaturated/α-hetero) is 1. The first-order valence-electron chi connectivity index (χ1n) is 4.35. The Balaban J connectivity index is 3.04. The molecular formula is C10H10Cl2FNO. The van der Waals surface area contributed by atoms with E-state index in [0.717, 1.165) is 6.07 Å². The van der Waals surface area contributed by atoms with Gasteiger partial charge in [0.2, 0.25) is 0 Å². The van der Waals surface area contributed by atoms with Gasteiger partial charge in [-0.2, -0.15) is 0 Å². The van der Waals surface area contributed by atoms with E-state index in [2.05, 4.69) is 0 Å². The molecule has 0 radical (unpaired) electrons. The van der Waals surface area contributed by atoms with E-state index in [-0.39, 0.29) is 33.9 Å². The molecule has 0 aliphatic heterocycles. The van der Waals surface area contributed by atoms with E-state index >= 15 is 0 Å². The van der Waals surface area contributed by atoms with Crippen LogP contribution < -0.4 is 5.73 Å². The fraction of sp³-hybridized carbons (Fsp3) is 0.300. The van der Waals surface area contributed by atoms with Crippen molar-refractivity contribution >= 4 is 29.0 Å². The number of hydrogen-bond donors (Lipinski definition) is 1. The van der Waals surface area contributed by atoms with Crippen molar-refractivity contribution in [3.63, 3.8) is 0 Å². The van der Waals surface area contributed by atoms with Gasteiger partial charge < -0.3 is 5.73 Å². The number of carbonyl (C=O) groups excluding carboxylic acids is 1. The molecule has 0 aliphatic rings. The first-order chi connectivity index (χ1) is 6.91. The molecule has 15 heavy (non-hydrogen) atoms. The summed E-state index contributed by atoms with van der Waals surface area (Å²) in [5, 5.41) is 0.0457. The molecule has 1 unspecified atom stereocenters. The van der Waals surface area contributed by atoms with Crippen molar-refractivity contribution < 1.29 is 9.18 Å². The third-order valence-electron chi connectivity index (χ3n) is 1.82. The summed E-state index contributed by atoms with van der Waals surface area (Å²) in [5.41, 5.74) is 5.59. The molecule has 82 valence electrons. The Labute approximate surface area is 97.2 Å². The Morgan fingerprint density at radius 1 is 1.47 bits per heavy atom. The van der Waals surface area contributed by atoms with E-state index in [4.69, 9.17) is 28.9 Å². The number of hydrogen-bond acceptors (Lipinski definition) is 2. The van der Waals surface area contributed by atoms with Crippen LogP contribution in [0.4, 0.5) is 4.39 Å². The number of carbonyl (C=O) groups is 1. The summed E-state index contributed by atoms with van der Waals surface area (Å²) >= 11 is 11.3. The highest BCUT2D eigenvalue weighted by Crippen LogP contribution is 2.25. The van der Waals surface area contributed by atoms with Crippen LogP contribution in [0.25, 0.3) is 0 Å². The molecule has 0 saturated carbocycles. The van der Waals surface area contributed by atoms with Gasteiger partial charge >= 0.3 is 0 Å². The monoisotopic (exact) mass is 249 g/mol. The second kappa shape index (κ2) is 4.92. The van der Waals surface area contributed by atoms with Crippen LogP contribution in [0, 0.1) is 5.82 Å². The van der Waals surface area contributed by atoms with E-state index in [1.807, 2.05) is 0 Å². The maximum atomic E-state index is 13.1. The largest absolute Gasteiger partial charge is 0.328 e. The Hall–Kier alpha value is -0.640. The van der Waals surface area contributed by atoms with Crippen molar-refractivity contribution in [1.82, 2.24) is 0 Å². The molecule has 0 saturated heterocycles. The molecular weight excluding hydrogens is 240 g/mol. The lowest BCUT2D eigenvalue weighted by molar-refractivity contribution is 0.0976. The standard InChI is InChI=1S/C10H10Cl2FNO/c1-5(14)2-10(15)6-3-9(13)8(12)4-7(6)11/h3-5H,2,14H2,1H3. The molecule has 1 aromatic rings. The predicted octanol–water partition coefficient (Wildman–Crippen LogP) is 3.05. The summed E-state index contributed by atoms with van der Waals surface area (Å²) in [6, 6.07) is 1.97. The quantitative estimate of drug-likeness (QED) is 0.661. The predicted molar refractivity (Wildman–Crippen MR) is 59.0 cm³/mol. The van der Waals surface area contributed by atoms with Gasteiger partial charge in [-0.05, 0) is 19.1 Å². The molecule has 0 heterocycles. The van der Waals surface area contributed by atoms with Crippen LogP contribution in [0.1, 0.15) is 23.7 Å². The summed E-state index contributed by atoms with van der Waals surface area (Å²) in [7, 11) is 0. The van der Waals surface area contributed by atoms with Crippen molar-refractivity contribution in [2.24, 2.45) is 5.73 Å². The number of nitrogens with two attached hydrogens (primary N) is 1. The molecule has 2 nitrogen and oxygen atoms in total. The van der Waals surface area contributed by atoms with Crippen molar-refractivity contribution in [2.45, 2.75) is 19.4 Å². The molecule has 1 atom stereocenters. The molecule has 0 spiro atoms. The maximum Gasteiger partial charge on any atom is 0.166 e. The highest BCUT2D eigenvalue weighted by molar-refractivity contribution is 6.36. The average molecular weight is 250 g/mol. The van der Waals surface area contributed by atoms with Gasteiger partial charge in [-0.1, -0.05) is 23.2 Å². The third kappa shape index (κ3) is 3.16. The smallest absolute Gasteiger partial charge is 0.166 e. The Kier molecular flexibility index (Phi) is 4.08. The Morgan fingerprint density at radius 3 is 2.60 bits per heavy atom. The molecule has 1 aromatic carbocycles. The average Bonchev–Trinajstić information content (AvgIpc) is 2.09. The first-order valence-corrected chi connectivity index (χ1v) is 5.10. The number of rotatable bonds is 3. The van der Waals surface area contributed by atoms with Gasteiger partial charge in [0.05, 0.1) is 10.0 Å². The minimum Gasteiger partial charge on any atom is -0.328 e. The van der Waals surface area contributed by atoms with Crippen LogP contribution in [0.15, 0.2) is 12.1 Å². The molecule has 5 heteroatoms. The van der Waals surface area contributed by atoms with Crippen molar-refractivity contribution in [1.29, 1.82) is 0 Å². The second-order valence-electron chi connectivity index (χ2n) is 3.35. The fourth-order valence-corrected chi connectivity index (χ4v) is 1.63. The van der Waals surface area contributed by atoms with Gasteiger partial charge in [-0.15, -0.1) is 0 Å². The van der Waals surface area contributed by atoms with Gasteiger partial charge in [-0.3, -0.25) is 4.79 Å². The zero-order valence-corrected chi connectivity index (χ0v) is 9.57. The molecule has 0 bridgehead atoms. The molecule has 0 amide bonds. The van der Waals surface area contributed by atoms with Crippen molar-refractivity contribution in [3.8, 4) is 0 Å². The Morgan fingerprint density at radius 2 is 2.07 bits per heavy atom. The van der Waals surface area contributed by atoms with Crippen LogP contribution in [-0.4, -0.2) is 11.8 Å². The number of halogens is 3. The highest BCUT2D eigenvalue weighted by Gasteiger charge is 2.15. The van der Waals surface area contributed by atoms with Crippen LogP contribution in [0.3, 0.4) is 0 Å². The normalized spacial score (nSPS) is 12.6. The summed E-state index contributed by atoms with van der Waals surface area (Å²) < 4.78 is 13.1. The van der Waals surface area contributed by atoms with Gasteiger partial charge in [-0.25, -0.2) is 4.39 Å². The van der Waals surface area contributed by atoms with Crippen LogP contribution in [0.5, 0.6) is 0 Å². The zero-order chi connectivity index (χ0) is 11.6. The van der Waals surface area contributed by atoms with E-state index in [9.17, 15) is 9.18 Å². The number of benzene rings is 1. The summed E-state index contributed by atoms with van der Waals surface area (Å²) in [5.74, 6) is -0.945. The van der Waals surface area contributed by atoms with Gasteiger partial charge in [0.25, 0.3) is 0 Å². The summed E-state index contributed by atoms with van der Waals surface area (Å²) in [6.45, 7) is 1.69. The summed E-state index contributed by atoms with van der Waals surface area (Å²) in [4.78, 5) is 11.6. The van der Waals surface area contributed by atoms with Crippen molar-refractivity contribution in [3.05, 3.63) is 33.6 Å². The molecule has 0 aliphatic carbocycles. The minimum atomic E-state index is -0.658. The lowest BCUT2D eigenvalue weighted by Crippen LogP contribution is -2.19. The molecule has 0 fully saturated rings. The lowest BCUT2D eigenvalue weighted by Gasteiger charge is -2.06. The third-order valence-corrected chi connectivity index (χ3v) is 2.42. The van der Waals surface area contributed by atoms with Gasteiger partial charge in [0.15, 0.2) is 5.78 Å². The second-order valence-corrected chi connectivity index (χ2v) is 4.17. The van der Waals surface area contributed by atoms with Gasteiger partial charge in [0.1, 0.15) is 5.82 Å². The van der Waals surface area contributed by atoms with Crippen LogP contribution in [-0.2, 0) is 0 Å².